The average molecular weight is 347 g/mol. The van der Waals surface area contributed by atoms with E-state index in [0.29, 0.717) is 6.10 Å². The van der Waals surface area contributed by atoms with Crippen molar-refractivity contribution in [3.05, 3.63) is 11.6 Å². The van der Waals surface area contributed by atoms with E-state index in [4.69, 9.17) is 4.74 Å². The maximum absolute atomic E-state index is 11.0. The van der Waals surface area contributed by atoms with E-state index in [0.717, 1.165) is 30.1 Å². The summed E-state index contributed by atoms with van der Waals surface area (Å²) in [4.78, 5) is 0. The van der Waals surface area contributed by atoms with Gasteiger partial charge in [-0.05, 0) is 108 Å². The molecule has 3 fully saturated rings. The van der Waals surface area contributed by atoms with Crippen molar-refractivity contribution in [2.45, 2.75) is 103 Å². The zero-order chi connectivity index (χ0) is 18.0. The Morgan fingerprint density at radius 3 is 2.48 bits per heavy atom. The molecule has 0 aromatic carbocycles. The minimum Gasteiger partial charge on any atom is -0.390 e. The van der Waals surface area contributed by atoms with Gasteiger partial charge in [-0.15, -0.1) is 0 Å². The molecular formula is C23H38O2. The van der Waals surface area contributed by atoms with Gasteiger partial charge in [0.05, 0.1) is 17.3 Å². The first-order valence-electron chi connectivity index (χ1n) is 10.7. The van der Waals surface area contributed by atoms with Gasteiger partial charge in [0.1, 0.15) is 0 Å². The van der Waals surface area contributed by atoms with Crippen molar-refractivity contribution < 1.29 is 9.84 Å². The first kappa shape index (κ1) is 18.0. The zero-order valence-electron chi connectivity index (χ0n) is 17.0. The summed E-state index contributed by atoms with van der Waals surface area (Å²) >= 11 is 0. The molecule has 4 aliphatic rings. The number of rotatable bonds is 1. The fourth-order valence-corrected chi connectivity index (χ4v) is 7.09. The average Bonchev–Trinajstić information content (AvgIpc) is 2.75. The number of hydrogen-bond acceptors (Lipinski definition) is 2. The highest BCUT2D eigenvalue weighted by atomic mass is 16.5. The molecule has 0 amide bonds. The molecular weight excluding hydrogens is 308 g/mol. The molecule has 2 heteroatoms. The van der Waals surface area contributed by atoms with E-state index in [2.05, 4.69) is 40.7 Å². The van der Waals surface area contributed by atoms with Crippen LogP contribution in [0.3, 0.4) is 0 Å². The summed E-state index contributed by atoms with van der Waals surface area (Å²) in [6.07, 6.45) is 12.7. The SMILES string of the molecule is CC(C)(C)O[C@@H]1C=C2CC[C@@H]3[C@H](CC[C@@]4(C)[C@H]3CC[C@@]4(C)O)[C@H]2CC1. The third kappa shape index (κ3) is 2.92. The Kier molecular flexibility index (Phi) is 4.21. The van der Waals surface area contributed by atoms with E-state index < -0.39 is 5.60 Å². The van der Waals surface area contributed by atoms with Gasteiger partial charge in [-0.3, -0.25) is 0 Å². The van der Waals surface area contributed by atoms with Crippen LogP contribution in [0.25, 0.3) is 0 Å². The summed E-state index contributed by atoms with van der Waals surface area (Å²) in [5.74, 6) is 3.25. The summed E-state index contributed by atoms with van der Waals surface area (Å²) in [6.45, 7) is 11.0. The summed E-state index contributed by atoms with van der Waals surface area (Å²) in [6, 6.07) is 0. The van der Waals surface area contributed by atoms with Gasteiger partial charge >= 0.3 is 0 Å². The molecule has 1 N–H and O–H groups in total. The van der Waals surface area contributed by atoms with Crippen molar-refractivity contribution in [1.29, 1.82) is 0 Å². The van der Waals surface area contributed by atoms with Gasteiger partial charge in [0.2, 0.25) is 0 Å². The lowest BCUT2D eigenvalue weighted by Gasteiger charge is -2.55. The Labute approximate surface area is 154 Å². The lowest BCUT2D eigenvalue weighted by atomic mass is 9.51. The highest BCUT2D eigenvalue weighted by Crippen LogP contribution is 2.64. The van der Waals surface area contributed by atoms with E-state index in [1.807, 2.05) is 0 Å². The highest BCUT2D eigenvalue weighted by Gasteiger charge is 2.60. The topological polar surface area (TPSA) is 29.5 Å². The highest BCUT2D eigenvalue weighted by molar-refractivity contribution is 5.21. The second kappa shape index (κ2) is 5.83. The van der Waals surface area contributed by atoms with Gasteiger partial charge in [-0.2, -0.15) is 0 Å². The predicted octanol–water partition coefficient (Wildman–Crippen LogP) is 5.49. The number of aliphatic hydroxyl groups is 1. The molecule has 2 nitrogen and oxygen atoms in total. The predicted molar refractivity (Wildman–Crippen MR) is 102 cm³/mol. The summed E-state index contributed by atoms with van der Waals surface area (Å²) in [5.41, 5.74) is 1.36. The molecule has 4 aliphatic carbocycles. The van der Waals surface area contributed by atoms with E-state index >= 15 is 0 Å². The molecule has 25 heavy (non-hydrogen) atoms. The second-order valence-electron chi connectivity index (χ2n) is 10.9. The van der Waals surface area contributed by atoms with Crippen LogP contribution in [0.2, 0.25) is 0 Å². The number of fused-ring (bicyclic) bond motifs is 5. The van der Waals surface area contributed by atoms with Crippen molar-refractivity contribution >= 4 is 0 Å². The van der Waals surface area contributed by atoms with Crippen molar-refractivity contribution in [3.63, 3.8) is 0 Å². The van der Waals surface area contributed by atoms with Crippen molar-refractivity contribution in [3.8, 4) is 0 Å². The molecule has 0 heterocycles. The van der Waals surface area contributed by atoms with Gasteiger partial charge in [0, 0.05) is 0 Å². The van der Waals surface area contributed by atoms with Gasteiger partial charge < -0.3 is 9.84 Å². The number of hydrogen-bond donors (Lipinski definition) is 1. The molecule has 0 unspecified atom stereocenters. The summed E-state index contributed by atoms with van der Waals surface area (Å²) < 4.78 is 6.27. The molecule has 0 spiro atoms. The fourth-order valence-electron chi connectivity index (χ4n) is 7.09. The molecule has 0 aliphatic heterocycles. The van der Waals surface area contributed by atoms with E-state index in [1.165, 1.54) is 44.9 Å². The number of allylic oxidation sites excluding steroid dienone is 1. The molecule has 0 radical (unpaired) electrons. The Morgan fingerprint density at radius 1 is 1.00 bits per heavy atom. The summed E-state index contributed by atoms with van der Waals surface area (Å²) in [7, 11) is 0. The largest absolute Gasteiger partial charge is 0.390 e. The van der Waals surface area contributed by atoms with Crippen LogP contribution in [0.15, 0.2) is 11.6 Å². The standard InChI is InChI=1S/C23H38O2/c1-21(2,3)25-16-7-9-17-15(14-16)6-8-19-18(17)10-12-22(4)20(19)11-13-23(22,5)24/h14,16-20,24H,6-13H2,1-5H3/t16-,17-,18+,19+,20-,22-,23+/m0/s1. The Morgan fingerprint density at radius 2 is 1.76 bits per heavy atom. The van der Waals surface area contributed by atoms with Gasteiger partial charge in [0.25, 0.3) is 0 Å². The third-order valence-electron chi connectivity index (χ3n) is 8.48. The molecule has 142 valence electrons. The van der Waals surface area contributed by atoms with Crippen LogP contribution in [-0.4, -0.2) is 22.4 Å². The van der Waals surface area contributed by atoms with Crippen LogP contribution < -0.4 is 0 Å². The van der Waals surface area contributed by atoms with Gasteiger partial charge in [-0.25, -0.2) is 0 Å². The van der Waals surface area contributed by atoms with Gasteiger partial charge in [0.15, 0.2) is 0 Å². The minimum absolute atomic E-state index is 0.0478. The van der Waals surface area contributed by atoms with Crippen molar-refractivity contribution in [1.82, 2.24) is 0 Å². The van der Waals surface area contributed by atoms with Crippen LogP contribution in [0.5, 0.6) is 0 Å². The molecule has 0 aromatic heterocycles. The van der Waals surface area contributed by atoms with E-state index in [1.54, 1.807) is 5.57 Å². The lowest BCUT2D eigenvalue weighted by molar-refractivity contribution is -0.109. The monoisotopic (exact) mass is 346 g/mol. The van der Waals surface area contributed by atoms with E-state index in [9.17, 15) is 5.11 Å². The smallest absolute Gasteiger partial charge is 0.0765 e. The maximum atomic E-state index is 11.0. The first-order chi connectivity index (χ1) is 11.6. The fraction of sp³-hybridized carbons (Fsp3) is 0.913. The number of ether oxygens (including phenoxy) is 1. The van der Waals surface area contributed by atoms with Crippen LogP contribution in [0, 0.1) is 29.1 Å². The first-order valence-corrected chi connectivity index (χ1v) is 10.7. The molecule has 0 saturated heterocycles. The minimum atomic E-state index is -0.447. The normalized spacial score (nSPS) is 49.8. The molecule has 0 bridgehead atoms. The molecule has 3 saturated carbocycles. The summed E-state index contributed by atoms with van der Waals surface area (Å²) in [5, 5.41) is 11.0. The second-order valence-corrected chi connectivity index (χ2v) is 10.9. The van der Waals surface area contributed by atoms with Gasteiger partial charge in [-0.1, -0.05) is 18.6 Å². The van der Waals surface area contributed by atoms with Crippen LogP contribution >= 0.6 is 0 Å². The van der Waals surface area contributed by atoms with Crippen molar-refractivity contribution in [2.24, 2.45) is 29.1 Å². The van der Waals surface area contributed by atoms with Crippen LogP contribution in [0.1, 0.15) is 86.0 Å². The Bertz CT molecular complexity index is 555. The Balaban J connectivity index is 1.53. The lowest BCUT2D eigenvalue weighted by Crippen LogP contribution is -2.51. The van der Waals surface area contributed by atoms with E-state index in [-0.39, 0.29) is 11.0 Å². The molecule has 0 aromatic rings. The molecule has 7 atom stereocenters. The third-order valence-corrected chi connectivity index (χ3v) is 8.48. The van der Waals surface area contributed by atoms with Crippen molar-refractivity contribution in [2.75, 3.05) is 0 Å². The van der Waals surface area contributed by atoms with Crippen LogP contribution in [0.4, 0.5) is 0 Å². The quantitative estimate of drug-likeness (QED) is 0.636. The zero-order valence-corrected chi connectivity index (χ0v) is 17.0. The molecule has 4 rings (SSSR count). The Hall–Kier alpha value is -0.340. The maximum Gasteiger partial charge on any atom is 0.0765 e. The van der Waals surface area contributed by atoms with Crippen LogP contribution in [-0.2, 0) is 4.74 Å².